The summed E-state index contributed by atoms with van der Waals surface area (Å²) in [5, 5.41) is 12.9. The number of carboxylic acid groups (broad SMARTS) is 1. The summed E-state index contributed by atoms with van der Waals surface area (Å²) in [6.45, 7) is 8.94. The highest BCUT2D eigenvalue weighted by molar-refractivity contribution is 8.13. The second kappa shape index (κ2) is 17.3. The molecule has 1 amide bonds. The molecule has 1 aliphatic rings. The van der Waals surface area contributed by atoms with Crippen LogP contribution < -0.4 is 11.1 Å². The molecular weight excluding hydrogens is 645 g/mol. The van der Waals surface area contributed by atoms with Gasteiger partial charge in [0.1, 0.15) is 5.82 Å². The van der Waals surface area contributed by atoms with Crippen molar-refractivity contribution < 1.29 is 19.5 Å². The molecule has 1 heterocycles. The van der Waals surface area contributed by atoms with Crippen molar-refractivity contribution in [2.75, 3.05) is 5.75 Å². The number of imidazole rings is 1. The number of nitrogens with one attached hydrogen (secondary N) is 1. The third-order valence-corrected chi connectivity index (χ3v) is 10.9. The normalized spacial score (nSPS) is 14.9. The summed E-state index contributed by atoms with van der Waals surface area (Å²) >= 11 is 1.26. The molecule has 50 heavy (non-hydrogen) atoms. The van der Waals surface area contributed by atoms with Gasteiger partial charge in [-0.1, -0.05) is 107 Å². The molecule has 0 saturated heterocycles. The van der Waals surface area contributed by atoms with Crippen LogP contribution in [0.3, 0.4) is 0 Å². The van der Waals surface area contributed by atoms with Crippen molar-refractivity contribution in [3.8, 4) is 11.1 Å². The molecule has 4 aromatic rings. The van der Waals surface area contributed by atoms with Gasteiger partial charge >= 0.3 is 5.97 Å². The number of benzene rings is 3. The van der Waals surface area contributed by atoms with Crippen molar-refractivity contribution in [2.24, 2.45) is 17.6 Å². The number of aryl methyl sites for hydroxylation is 2. The fourth-order valence-corrected chi connectivity index (χ4v) is 8.13. The zero-order valence-corrected chi connectivity index (χ0v) is 30.7. The molecule has 2 atom stereocenters. The molecule has 5 rings (SSSR count). The van der Waals surface area contributed by atoms with Crippen molar-refractivity contribution in [2.45, 2.75) is 104 Å². The van der Waals surface area contributed by atoms with Crippen LogP contribution in [0.5, 0.6) is 0 Å². The number of hydrogen-bond donors (Lipinski definition) is 3. The lowest BCUT2D eigenvalue weighted by molar-refractivity contribution is -0.112. The second-order valence-corrected chi connectivity index (χ2v) is 15.4. The van der Waals surface area contributed by atoms with Gasteiger partial charge in [0.2, 0.25) is 5.12 Å². The first kappa shape index (κ1) is 37.3. The van der Waals surface area contributed by atoms with Gasteiger partial charge in [0.25, 0.3) is 5.91 Å². The number of carbonyl (C=O) groups excluding carboxylic acids is 2. The number of hydrogen-bond acceptors (Lipinski definition) is 6. The van der Waals surface area contributed by atoms with Crippen LogP contribution in [0.1, 0.15) is 110 Å². The Morgan fingerprint density at radius 3 is 2.44 bits per heavy atom. The van der Waals surface area contributed by atoms with E-state index in [1.807, 2.05) is 55.5 Å². The number of thioether (sulfide) groups is 1. The van der Waals surface area contributed by atoms with Gasteiger partial charge in [-0.25, -0.2) is 9.78 Å². The Kier molecular flexibility index (Phi) is 12.9. The third kappa shape index (κ3) is 9.43. The number of nitrogens with zero attached hydrogens (tertiary/aromatic N) is 2. The van der Waals surface area contributed by atoms with Crippen LogP contribution in [0.4, 0.5) is 0 Å². The molecule has 266 valence electrons. The van der Waals surface area contributed by atoms with E-state index in [1.165, 1.54) is 31.0 Å². The quantitative estimate of drug-likeness (QED) is 0.114. The lowest BCUT2D eigenvalue weighted by Crippen LogP contribution is -2.39. The number of carbonyl (C=O) groups is 3. The molecule has 0 bridgehead atoms. The highest BCUT2D eigenvalue weighted by Crippen LogP contribution is 2.29. The van der Waals surface area contributed by atoms with E-state index in [2.05, 4.69) is 30.7 Å². The maximum absolute atomic E-state index is 13.8. The Bertz CT molecular complexity index is 1790. The van der Waals surface area contributed by atoms with E-state index in [1.54, 1.807) is 12.1 Å². The second-order valence-electron chi connectivity index (χ2n) is 14.3. The summed E-state index contributed by atoms with van der Waals surface area (Å²) in [4.78, 5) is 43.7. The number of aromatic nitrogens is 2. The topological polar surface area (TPSA) is 127 Å². The number of nitrogens with two attached hydrogens (primary N) is 1. The molecule has 1 aliphatic carbocycles. The molecule has 0 unspecified atom stereocenters. The summed E-state index contributed by atoms with van der Waals surface area (Å²) in [5.41, 5.74) is 12.5. The van der Waals surface area contributed by atoms with E-state index in [-0.39, 0.29) is 22.6 Å². The van der Waals surface area contributed by atoms with E-state index >= 15 is 0 Å². The van der Waals surface area contributed by atoms with Gasteiger partial charge in [-0.2, -0.15) is 0 Å². The van der Waals surface area contributed by atoms with E-state index < -0.39 is 12.0 Å². The van der Waals surface area contributed by atoms with Crippen molar-refractivity contribution in [1.29, 1.82) is 0 Å². The van der Waals surface area contributed by atoms with Crippen molar-refractivity contribution in [3.05, 3.63) is 88.7 Å². The maximum atomic E-state index is 13.8. The minimum absolute atomic E-state index is 0.0160. The fourth-order valence-electron chi connectivity index (χ4n) is 7.23. The first-order chi connectivity index (χ1) is 24.0. The Morgan fingerprint density at radius 2 is 1.76 bits per heavy atom. The zero-order chi connectivity index (χ0) is 35.8. The summed E-state index contributed by atoms with van der Waals surface area (Å²) in [6, 6.07) is 18.2. The predicted octanol–water partition coefficient (Wildman–Crippen LogP) is 8.41. The number of rotatable bonds is 15. The summed E-state index contributed by atoms with van der Waals surface area (Å²) in [5.74, 6) is 1.23. The first-order valence-electron chi connectivity index (χ1n) is 18.2. The molecule has 1 fully saturated rings. The van der Waals surface area contributed by atoms with Crippen LogP contribution in [0.25, 0.3) is 22.2 Å². The Hall–Kier alpha value is -3.95. The van der Waals surface area contributed by atoms with E-state index in [0.717, 1.165) is 72.1 Å². The SMILES string of the molecule is CCCc1nc2c(C)cc(C(=O)N[C@@H](CSC(=O)[C@@H](N)CC3CCCCC3)CC(C)C)cc2n1Cc1ccc(-c2ccccc2C(=O)O)cc1. The minimum atomic E-state index is -0.953. The summed E-state index contributed by atoms with van der Waals surface area (Å²) in [6.07, 6.45) is 9.30. The van der Waals surface area contributed by atoms with Crippen LogP contribution >= 0.6 is 11.8 Å². The van der Waals surface area contributed by atoms with Gasteiger partial charge in [0.15, 0.2) is 0 Å². The smallest absolute Gasteiger partial charge is 0.336 e. The molecule has 1 saturated carbocycles. The highest BCUT2D eigenvalue weighted by Gasteiger charge is 2.24. The Labute approximate surface area is 300 Å². The van der Waals surface area contributed by atoms with Crippen LogP contribution in [-0.2, 0) is 17.8 Å². The molecule has 4 N–H and O–H groups in total. The molecule has 1 aromatic heterocycles. The van der Waals surface area contributed by atoms with Gasteiger partial charge in [0.05, 0.1) is 22.6 Å². The van der Waals surface area contributed by atoms with Gasteiger partial charge in [0, 0.05) is 30.3 Å². The molecule has 0 radical (unpaired) electrons. The average Bonchev–Trinajstić information content (AvgIpc) is 3.44. The van der Waals surface area contributed by atoms with Crippen LogP contribution in [0.15, 0.2) is 60.7 Å². The molecular formula is C41H52N4O4S. The van der Waals surface area contributed by atoms with Gasteiger partial charge in [-0.05, 0) is 78.5 Å². The van der Waals surface area contributed by atoms with Crippen molar-refractivity contribution in [1.82, 2.24) is 14.9 Å². The molecule has 0 spiro atoms. The largest absolute Gasteiger partial charge is 0.478 e. The molecule has 0 aliphatic heterocycles. The van der Waals surface area contributed by atoms with E-state index in [0.29, 0.717) is 35.3 Å². The molecule has 3 aromatic carbocycles. The fraction of sp³-hybridized carbons (Fsp3) is 0.463. The standard InChI is InChI=1S/C41H52N4O4S/c1-5-11-37-44-38-27(4)21-31(39(46)43-32(20-26(2)3)25-50-41(49)35(42)22-28-12-7-6-8-13-28)23-36(38)45(37)24-29-16-18-30(19-17-29)33-14-9-10-15-34(33)40(47)48/h9-10,14-19,21,23,26,28,32,35H,5-8,11-13,20,22,24-25,42H2,1-4H3,(H,43,46)(H,47,48)/t32-,35+/m1/s1. The third-order valence-electron chi connectivity index (χ3n) is 9.76. The van der Waals surface area contributed by atoms with Crippen LogP contribution in [0.2, 0.25) is 0 Å². The average molecular weight is 697 g/mol. The monoisotopic (exact) mass is 696 g/mol. The van der Waals surface area contributed by atoms with Crippen LogP contribution in [-0.4, -0.2) is 49.5 Å². The van der Waals surface area contributed by atoms with Gasteiger partial charge in [-0.15, -0.1) is 0 Å². The van der Waals surface area contributed by atoms with E-state index in [4.69, 9.17) is 10.7 Å². The minimum Gasteiger partial charge on any atom is -0.478 e. The van der Waals surface area contributed by atoms with E-state index in [9.17, 15) is 19.5 Å². The number of carboxylic acids is 1. The number of amides is 1. The molecule has 9 heteroatoms. The Morgan fingerprint density at radius 1 is 1.04 bits per heavy atom. The summed E-state index contributed by atoms with van der Waals surface area (Å²) < 4.78 is 2.19. The van der Waals surface area contributed by atoms with Crippen molar-refractivity contribution in [3.63, 3.8) is 0 Å². The molecule has 8 nitrogen and oxygen atoms in total. The number of aromatic carboxylic acids is 1. The lowest BCUT2D eigenvalue weighted by Gasteiger charge is -2.24. The maximum Gasteiger partial charge on any atom is 0.336 e. The van der Waals surface area contributed by atoms with Crippen molar-refractivity contribution >= 4 is 39.8 Å². The lowest BCUT2D eigenvalue weighted by atomic mass is 9.85. The van der Waals surface area contributed by atoms with Gasteiger partial charge < -0.3 is 20.7 Å². The highest BCUT2D eigenvalue weighted by atomic mass is 32.2. The summed E-state index contributed by atoms with van der Waals surface area (Å²) in [7, 11) is 0. The number of fused-ring (bicyclic) bond motifs is 1. The van der Waals surface area contributed by atoms with Crippen LogP contribution in [0, 0.1) is 18.8 Å². The zero-order valence-electron chi connectivity index (χ0n) is 29.9. The predicted molar refractivity (Wildman–Crippen MR) is 204 cm³/mol. The first-order valence-corrected chi connectivity index (χ1v) is 19.2. The van der Waals surface area contributed by atoms with Gasteiger partial charge in [-0.3, -0.25) is 9.59 Å². The Balaban J connectivity index is 1.34.